The van der Waals surface area contributed by atoms with Gasteiger partial charge >= 0.3 is 5.91 Å². The van der Waals surface area contributed by atoms with Crippen molar-refractivity contribution < 1.29 is 9.53 Å². The smallest absolute Gasteiger partial charge is 0.322 e. The highest BCUT2D eigenvalue weighted by Gasteiger charge is 2.19. The summed E-state index contributed by atoms with van der Waals surface area (Å²) in [7, 11) is 1.32. The number of amides is 1. The number of carbonyl (C=O) groups excluding carboxylic acids is 1. The summed E-state index contributed by atoms with van der Waals surface area (Å²) in [6.07, 6.45) is 0. The molecule has 0 spiro atoms. The molecule has 0 unspecified atom stereocenters. The van der Waals surface area contributed by atoms with Crippen molar-refractivity contribution in [1.29, 1.82) is 0 Å². The molecule has 0 bridgehead atoms. The molecule has 1 aromatic rings. The quantitative estimate of drug-likeness (QED) is 0.739. The van der Waals surface area contributed by atoms with Crippen molar-refractivity contribution in [3.8, 4) is 5.75 Å². The minimum absolute atomic E-state index is 0.0590. The Morgan fingerprint density at radius 3 is 2.43 bits per heavy atom. The van der Waals surface area contributed by atoms with Crippen molar-refractivity contribution >= 4 is 29.1 Å². The van der Waals surface area contributed by atoms with Gasteiger partial charge in [0, 0.05) is 5.18 Å². The van der Waals surface area contributed by atoms with E-state index in [2.05, 4.69) is 5.18 Å². The molecule has 0 atom stereocenters. The van der Waals surface area contributed by atoms with Crippen LogP contribution in [0.5, 0.6) is 5.75 Å². The van der Waals surface area contributed by atoms with Gasteiger partial charge in [-0.1, -0.05) is 23.2 Å². The molecule has 1 rings (SSSR count). The second kappa shape index (κ2) is 4.39. The van der Waals surface area contributed by atoms with E-state index < -0.39 is 5.91 Å². The average Bonchev–Trinajstić information content (AvgIpc) is 2.19. The highest BCUT2D eigenvalue weighted by atomic mass is 35.5. The Labute approximate surface area is 89.7 Å². The molecule has 0 fully saturated rings. The molecule has 0 heterocycles. The zero-order valence-corrected chi connectivity index (χ0v) is 8.59. The number of nitroso groups, excluding NO2 is 1. The second-order valence-electron chi connectivity index (χ2n) is 2.33. The summed E-state index contributed by atoms with van der Waals surface area (Å²) < 4.78 is 4.84. The monoisotopic (exact) mass is 233 g/mol. The van der Waals surface area contributed by atoms with E-state index in [-0.39, 0.29) is 21.4 Å². The fraction of sp³-hybridized carbons (Fsp3) is 0.125. The molecular formula is C8H5Cl2NO3. The number of rotatable bonds is 2. The van der Waals surface area contributed by atoms with E-state index in [0.717, 1.165) is 0 Å². The highest BCUT2D eigenvalue weighted by Crippen LogP contribution is 2.34. The molecule has 0 aromatic heterocycles. The van der Waals surface area contributed by atoms with Gasteiger partial charge in [-0.3, -0.25) is 4.79 Å². The highest BCUT2D eigenvalue weighted by molar-refractivity contribution is 6.37. The SMILES string of the molecule is COc1c(Cl)ccc(Cl)c1C(=O)N=O. The summed E-state index contributed by atoms with van der Waals surface area (Å²) in [6, 6.07) is 2.86. The first-order chi connectivity index (χ1) is 6.61. The summed E-state index contributed by atoms with van der Waals surface area (Å²) in [5.74, 6) is -0.946. The maximum atomic E-state index is 11.1. The Bertz CT molecular complexity index is 392. The van der Waals surface area contributed by atoms with Crippen molar-refractivity contribution in [3.05, 3.63) is 32.6 Å². The third kappa shape index (κ3) is 1.86. The van der Waals surface area contributed by atoms with Gasteiger partial charge in [0.05, 0.1) is 17.2 Å². The summed E-state index contributed by atoms with van der Waals surface area (Å²) >= 11 is 11.4. The lowest BCUT2D eigenvalue weighted by atomic mass is 10.2. The topological polar surface area (TPSA) is 55.7 Å². The predicted molar refractivity (Wildman–Crippen MR) is 53.1 cm³/mol. The lowest BCUT2D eigenvalue weighted by Crippen LogP contribution is -2.00. The van der Waals surface area contributed by atoms with E-state index in [1.54, 1.807) is 0 Å². The molecule has 74 valence electrons. The van der Waals surface area contributed by atoms with Crippen LogP contribution in [0, 0.1) is 4.91 Å². The Morgan fingerprint density at radius 1 is 1.36 bits per heavy atom. The number of methoxy groups -OCH3 is 1. The van der Waals surface area contributed by atoms with Crippen LogP contribution in [0.1, 0.15) is 10.4 Å². The lowest BCUT2D eigenvalue weighted by Gasteiger charge is -2.07. The maximum Gasteiger partial charge on any atom is 0.322 e. The van der Waals surface area contributed by atoms with Crippen LogP contribution in [0.15, 0.2) is 17.3 Å². The summed E-state index contributed by atoms with van der Waals surface area (Å²) in [6.45, 7) is 0. The number of benzene rings is 1. The number of hydrogen-bond acceptors (Lipinski definition) is 3. The molecule has 1 aromatic carbocycles. The van der Waals surface area contributed by atoms with Gasteiger partial charge in [-0.05, 0) is 12.1 Å². The van der Waals surface area contributed by atoms with Gasteiger partial charge in [0.25, 0.3) is 0 Å². The normalized spacial score (nSPS) is 9.64. The van der Waals surface area contributed by atoms with E-state index in [9.17, 15) is 9.70 Å². The van der Waals surface area contributed by atoms with Crippen LogP contribution in [0.3, 0.4) is 0 Å². The molecule has 14 heavy (non-hydrogen) atoms. The first kappa shape index (κ1) is 10.9. The van der Waals surface area contributed by atoms with E-state index in [4.69, 9.17) is 27.9 Å². The van der Waals surface area contributed by atoms with Crippen LogP contribution in [0.4, 0.5) is 0 Å². The van der Waals surface area contributed by atoms with Gasteiger partial charge in [0.2, 0.25) is 0 Å². The minimum Gasteiger partial charge on any atom is -0.494 e. The first-order valence-electron chi connectivity index (χ1n) is 3.51. The van der Waals surface area contributed by atoms with Crippen LogP contribution in [0.25, 0.3) is 0 Å². The first-order valence-corrected chi connectivity index (χ1v) is 4.27. The Hall–Kier alpha value is -1.13. The van der Waals surface area contributed by atoms with E-state index in [1.165, 1.54) is 19.2 Å². The van der Waals surface area contributed by atoms with Crippen molar-refractivity contribution in [2.24, 2.45) is 5.18 Å². The minimum atomic E-state index is -1.01. The van der Waals surface area contributed by atoms with Gasteiger partial charge in [-0.2, -0.15) is 0 Å². The Balaban J connectivity index is 3.44. The number of hydrogen-bond donors (Lipinski definition) is 0. The van der Waals surface area contributed by atoms with Crippen molar-refractivity contribution in [2.45, 2.75) is 0 Å². The molecule has 0 N–H and O–H groups in total. The third-order valence-corrected chi connectivity index (χ3v) is 2.17. The van der Waals surface area contributed by atoms with E-state index in [0.29, 0.717) is 0 Å². The number of halogens is 2. The largest absolute Gasteiger partial charge is 0.494 e. The van der Waals surface area contributed by atoms with E-state index >= 15 is 0 Å². The van der Waals surface area contributed by atoms with Crippen molar-refractivity contribution in [3.63, 3.8) is 0 Å². The average molecular weight is 234 g/mol. The molecule has 6 heteroatoms. The summed E-state index contributed by atoms with van der Waals surface area (Å²) in [4.78, 5) is 21.1. The number of ether oxygens (including phenoxy) is 1. The molecule has 1 amide bonds. The molecule has 0 aliphatic rings. The fourth-order valence-electron chi connectivity index (χ4n) is 0.978. The molecule has 0 saturated heterocycles. The van der Waals surface area contributed by atoms with Crippen LogP contribution < -0.4 is 4.74 Å². The van der Waals surface area contributed by atoms with Crippen molar-refractivity contribution in [2.75, 3.05) is 7.11 Å². The zero-order valence-electron chi connectivity index (χ0n) is 7.08. The van der Waals surface area contributed by atoms with Crippen LogP contribution in [-0.4, -0.2) is 13.0 Å². The molecule has 0 saturated carbocycles. The van der Waals surface area contributed by atoms with Crippen molar-refractivity contribution in [1.82, 2.24) is 0 Å². The van der Waals surface area contributed by atoms with Crippen LogP contribution in [-0.2, 0) is 0 Å². The second-order valence-corrected chi connectivity index (χ2v) is 3.15. The third-order valence-electron chi connectivity index (χ3n) is 1.56. The molecule has 0 aliphatic carbocycles. The summed E-state index contributed by atoms with van der Waals surface area (Å²) in [5, 5.41) is 2.53. The number of nitrogens with zero attached hydrogens (tertiary/aromatic N) is 1. The van der Waals surface area contributed by atoms with Crippen LogP contribution >= 0.6 is 23.2 Å². The van der Waals surface area contributed by atoms with Gasteiger partial charge in [-0.15, -0.1) is 4.91 Å². The summed E-state index contributed by atoms with van der Waals surface area (Å²) in [5.41, 5.74) is -0.114. The van der Waals surface area contributed by atoms with Crippen LogP contribution in [0.2, 0.25) is 10.0 Å². The maximum absolute atomic E-state index is 11.1. The van der Waals surface area contributed by atoms with Gasteiger partial charge in [0.15, 0.2) is 5.75 Å². The molecule has 4 nitrogen and oxygen atoms in total. The lowest BCUT2D eigenvalue weighted by molar-refractivity contribution is 0.0998. The number of carbonyl (C=O) groups is 1. The molecule has 0 aliphatic heterocycles. The zero-order chi connectivity index (χ0) is 10.7. The molecular weight excluding hydrogens is 229 g/mol. The van der Waals surface area contributed by atoms with Gasteiger partial charge in [-0.25, -0.2) is 0 Å². The Morgan fingerprint density at radius 2 is 1.93 bits per heavy atom. The van der Waals surface area contributed by atoms with Gasteiger partial charge in [0.1, 0.15) is 5.56 Å². The standard InChI is InChI=1S/C8H5Cl2NO3/c1-14-7-5(10)3-2-4(9)6(7)8(12)11-13/h2-3H,1H3. The fourth-order valence-corrected chi connectivity index (χ4v) is 1.44. The van der Waals surface area contributed by atoms with E-state index in [1.807, 2.05) is 0 Å². The predicted octanol–water partition coefficient (Wildman–Crippen LogP) is 2.91. The Kier molecular flexibility index (Phi) is 3.43. The molecule has 0 radical (unpaired) electrons. The van der Waals surface area contributed by atoms with Gasteiger partial charge < -0.3 is 4.74 Å².